The predicted molar refractivity (Wildman–Crippen MR) is 127 cm³/mol. The van der Waals surface area contributed by atoms with Crippen molar-refractivity contribution in [3.8, 4) is 0 Å². The molecular weight excluding hydrogens is 458 g/mol. The van der Waals surface area contributed by atoms with E-state index in [1.54, 1.807) is 49.6 Å². The number of cyclic esters (lactones) is 1. The van der Waals surface area contributed by atoms with E-state index >= 15 is 0 Å². The molecule has 4 heterocycles. The Balaban J connectivity index is 1.46. The number of ether oxygens (including phenoxy) is 1. The third-order valence-corrected chi connectivity index (χ3v) is 5.78. The van der Waals surface area contributed by atoms with E-state index in [4.69, 9.17) is 16.3 Å². The summed E-state index contributed by atoms with van der Waals surface area (Å²) in [7, 11) is 0. The fourth-order valence-electron chi connectivity index (χ4n) is 3.89. The first-order valence-corrected chi connectivity index (χ1v) is 10.9. The van der Waals surface area contributed by atoms with Gasteiger partial charge in [-0.15, -0.1) is 0 Å². The highest BCUT2D eigenvalue weighted by Crippen LogP contribution is 2.31. The van der Waals surface area contributed by atoms with Crippen LogP contribution in [0.25, 0.3) is 10.9 Å². The number of carbonyl (C=O) groups is 1. The molecule has 1 saturated heterocycles. The molecule has 1 amide bonds. The number of anilines is 2. The topological polar surface area (TPSA) is 126 Å². The Morgan fingerprint density at radius 1 is 1.21 bits per heavy atom. The highest BCUT2D eigenvalue weighted by atomic mass is 35.5. The Morgan fingerprint density at radius 3 is 2.85 bits per heavy atom. The number of nitrogens with one attached hydrogen (secondary N) is 2. The van der Waals surface area contributed by atoms with E-state index in [0.717, 1.165) is 10.9 Å². The molecule has 0 saturated carbocycles. The lowest BCUT2D eigenvalue weighted by molar-refractivity contribution is 0.178. The molecule has 0 spiro atoms. The van der Waals surface area contributed by atoms with E-state index < -0.39 is 18.2 Å². The van der Waals surface area contributed by atoms with E-state index in [-0.39, 0.29) is 24.1 Å². The molecule has 1 aromatic carbocycles. The summed E-state index contributed by atoms with van der Waals surface area (Å²) in [6.45, 7) is 3.68. The molecule has 34 heavy (non-hydrogen) atoms. The second kappa shape index (κ2) is 8.71. The molecule has 3 aromatic heterocycles. The van der Waals surface area contributed by atoms with Crippen LogP contribution in [-0.2, 0) is 4.74 Å². The lowest BCUT2D eigenvalue weighted by Crippen LogP contribution is -2.30. The number of carbonyl (C=O) groups excluding carboxylic acids is 1. The van der Waals surface area contributed by atoms with Crippen LogP contribution in [0.2, 0.25) is 5.02 Å². The molecule has 172 valence electrons. The smallest absolute Gasteiger partial charge is 0.417 e. The van der Waals surface area contributed by atoms with Crippen molar-refractivity contribution in [1.29, 1.82) is 0 Å². The van der Waals surface area contributed by atoms with Crippen molar-refractivity contribution in [2.75, 3.05) is 16.8 Å². The number of halogens is 1. The molecule has 1 aliphatic heterocycles. The third-order valence-electron chi connectivity index (χ3n) is 5.54. The Bertz CT molecular complexity index is 1440. The molecule has 10 nitrogen and oxygen atoms in total. The highest BCUT2D eigenvalue weighted by molar-refractivity contribution is 6.31. The largest absolute Gasteiger partial charge is 0.446 e. The third kappa shape index (κ3) is 4.15. The zero-order chi connectivity index (χ0) is 23.8. The summed E-state index contributed by atoms with van der Waals surface area (Å²) >= 11 is 6.10. The van der Waals surface area contributed by atoms with E-state index in [1.165, 1.54) is 4.90 Å². The second-order valence-electron chi connectivity index (χ2n) is 7.91. The molecule has 0 bridgehead atoms. The number of nitrogens with zero attached hydrogens (tertiary/aromatic N) is 5. The number of hydrogen-bond donors (Lipinski definition) is 2. The number of H-pyrrole nitrogens is 1. The molecular formula is C23H20ClN7O3. The Labute approximate surface area is 199 Å². The van der Waals surface area contributed by atoms with Crippen LogP contribution in [0.1, 0.15) is 36.0 Å². The molecule has 4 aromatic rings. The molecule has 5 rings (SSSR count). The quantitative estimate of drug-likeness (QED) is 0.442. The van der Waals surface area contributed by atoms with Crippen molar-refractivity contribution in [3.05, 3.63) is 81.1 Å². The van der Waals surface area contributed by atoms with E-state index in [2.05, 4.69) is 30.2 Å². The van der Waals surface area contributed by atoms with E-state index in [9.17, 15) is 9.59 Å². The number of hydrogen-bond acceptors (Lipinski definition) is 8. The van der Waals surface area contributed by atoms with Crippen molar-refractivity contribution >= 4 is 40.5 Å². The molecule has 11 heteroatoms. The second-order valence-corrected chi connectivity index (χ2v) is 8.34. The predicted octanol–water partition coefficient (Wildman–Crippen LogP) is 3.94. The number of aromatic amines is 1. The lowest BCUT2D eigenvalue weighted by Gasteiger charge is -2.21. The van der Waals surface area contributed by atoms with Crippen LogP contribution < -0.4 is 15.8 Å². The van der Waals surface area contributed by atoms with Crippen LogP contribution in [0.5, 0.6) is 0 Å². The molecule has 1 fully saturated rings. The molecule has 2 N–H and O–H groups in total. The summed E-state index contributed by atoms with van der Waals surface area (Å²) in [5.74, 6) is 0.784. The van der Waals surface area contributed by atoms with Crippen molar-refractivity contribution in [1.82, 2.24) is 24.9 Å². The Hall–Kier alpha value is -4.05. The fourth-order valence-corrected chi connectivity index (χ4v) is 4.07. The molecule has 2 atom stereocenters. The summed E-state index contributed by atoms with van der Waals surface area (Å²) in [5, 5.41) is 4.53. The maximum absolute atomic E-state index is 12.7. The van der Waals surface area contributed by atoms with Crippen LogP contribution in [0, 0.1) is 6.92 Å². The number of rotatable bonds is 5. The van der Waals surface area contributed by atoms with Gasteiger partial charge in [0.05, 0.1) is 6.04 Å². The number of fused-ring (bicyclic) bond motifs is 1. The molecule has 0 radical (unpaired) electrons. The van der Waals surface area contributed by atoms with Gasteiger partial charge in [-0.05, 0) is 49.7 Å². The molecule has 0 unspecified atom stereocenters. The number of amides is 1. The zero-order valence-corrected chi connectivity index (χ0v) is 19.1. The van der Waals surface area contributed by atoms with Gasteiger partial charge in [-0.3, -0.25) is 9.78 Å². The van der Waals surface area contributed by atoms with Crippen molar-refractivity contribution in [3.63, 3.8) is 0 Å². The van der Waals surface area contributed by atoms with Crippen LogP contribution in [0.4, 0.5) is 16.7 Å². The molecule has 0 aliphatic carbocycles. The monoisotopic (exact) mass is 477 g/mol. The first-order valence-electron chi connectivity index (χ1n) is 10.6. The standard InChI is InChI=1S/C23H20ClN7O3/c1-12(17-9-15-8-16(24)5-6-18(15)29-20(17)32)26-21-27-13(2)28-22(30-21)31-19(11-34-23(31)33)14-4-3-7-25-10-14/h3-10,12,19H,11H2,1-2H3,(H,29,32)(H,26,27,28,30)/t12-,19+/m0/s1. The number of aromatic nitrogens is 5. The van der Waals surface area contributed by atoms with E-state index in [1.807, 2.05) is 13.0 Å². The van der Waals surface area contributed by atoms with Gasteiger partial charge in [0, 0.05) is 33.9 Å². The lowest BCUT2D eigenvalue weighted by atomic mass is 10.1. The van der Waals surface area contributed by atoms with Gasteiger partial charge in [-0.2, -0.15) is 15.0 Å². The highest BCUT2D eigenvalue weighted by Gasteiger charge is 2.38. The minimum Gasteiger partial charge on any atom is -0.446 e. The van der Waals surface area contributed by atoms with Gasteiger partial charge >= 0.3 is 6.09 Å². The Kier molecular flexibility index (Phi) is 5.58. The van der Waals surface area contributed by atoms with Crippen molar-refractivity contribution < 1.29 is 9.53 Å². The number of pyridine rings is 2. The summed E-state index contributed by atoms with van der Waals surface area (Å²) in [4.78, 5) is 46.7. The number of aryl methyl sites for hydroxylation is 1. The average Bonchev–Trinajstić information content (AvgIpc) is 3.20. The maximum atomic E-state index is 12.7. The zero-order valence-electron chi connectivity index (χ0n) is 18.3. The van der Waals surface area contributed by atoms with Gasteiger partial charge in [0.1, 0.15) is 18.5 Å². The van der Waals surface area contributed by atoms with Crippen LogP contribution in [-0.4, -0.2) is 37.6 Å². The van der Waals surface area contributed by atoms with Crippen LogP contribution in [0.15, 0.2) is 53.6 Å². The van der Waals surface area contributed by atoms with Crippen LogP contribution in [0.3, 0.4) is 0 Å². The minimum atomic E-state index is -0.554. The SMILES string of the molecule is Cc1nc(N[C@@H](C)c2cc3cc(Cl)ccc3[nH]c2=O)nc(N2C(=O)OC[C@@H]2c2cccnc2)n1. The van der Waals surface area contributed by atoms with Gasteiger partial charge in [0.2, 0.25) is 11.9 Å². The first-order chi connectivity index (χ1) is 16.4. The van der Waals surface area contributed by atoms with Crippen LogP contribution >= 0.6 is 11.6 Å². The van der Waals surface area contributed by atoms with Gasteiger partial charge in [-0.1, -0.05) is 17.7 Å². The minimum absolute atomic E-state index is 0.151. The number of benzene rings is 1. The normalized spacial score (nSPS) is 16.5. The average molecular weight is 478 g/mol. The summed E-state index contributed by atoms with van der Waals surface area (Å²) < 4.78 is 5.27. The van der Waals surface area contributed by atoms with Gasteiger partial charge in [0.25, 0.3) is 5.56 Å². The Morgan fingerprint density at radius 2 is 2.06 bits per heavy atom. The van der Waals surface area contributed by atoms with Crippen molar-refractivity contribution in [2.24, 2.45) is 0 Å². The van der Waals surface area contributed by atoms with Gasteiger partial charge in [0.15, 0.2) is 0 Å². The molecule has 1 aliphatic rings. The van der Waals surface area contributed by atoms with Crippen molar-refractivity contribution in [2.45, 2.75) is 25.9 Å². The van der Waals surface area contributed by atoms with Gasteiger partial charge in [-0.25, -0.2) is 9.69 Å². The summed E-state index contributed by atoms with van der Waals surface area (Å²) in [6, 6.07) is 9.84. The fraction of sp³-hybridized carbons (Fsp3) is 0.217. The van der Waals surface area contributed by atoms with E-state index in [0.29, 0.717) is 21.9 Å². The van der Waals surface area contributed by atoms with Gasteiger partial charge < -0.3 is 15.0 Å². The first kappa shape index (κ1) is 21.8. The summed E-state index contributed by atoms with van der Waals surface area (Å²) in [6.07, 6.45) is 2.78. The summed E-state index contributed by atoms with van der Waals surface area (Å²) in [5.41, 5.74) is 1.75. The maximum Gasteiger partial charge on any atom is 0.417 e.